The number of rotatable bonds is 3. The Balaban J connectivity index is 2.08. The number of urea groups is 1. The minimum absolute atomic E-state index is 0.129. The number of halogens is 1. The van der Waals surface area contributed by atoms with Crippen LogP contribution in [0.1, 0.15) is 5.56 Å². The summed E-state index contributed by atoms with van der Waals surface area (Å²) in [5, 5.41) is 13.2. The van der Waals surface area contributed by atoms with Crippen LogP contribution in [-0.4, -0.2) is 39.1 Å². The number of nitrogens with zero attached hydrogens (tertiary/aromatic N) is 3. The van der Waals surface area contributed by atoms with Crippen molar-refractivity contribution in [3.63, 3.8) is 0 Å². The molecule has 8 nitrogen and oxygen atoms in total. The van der Waals surface area contributed by atoms with Gasteiger partial charge in [-0.2, -0.15) is 0 Å². The fraction of sp³-hybridized carbons (Fsp3) is 0.167. The zero-order chi connectivity index (χ0) is 19.7. The highest BCUT2D eigenvalue weighted by Crippen LogP contribution is 2.15. The highest BCUT2D eigenvalue weighted by Gasteiger charge is 2.16. The Morgan fingerprint density at radius 1 is 1.26 bits per heavy atom. The lowest BCUT2D eigenvalue weighted by molar-refractivity contribution is 0.230. The first-order chi connectivity index (χ1) is 12.8. The molecular formula is C18H17ClN4O4. The molecule has 2 heterocycles. The Bertz CT molecular complexity index is 1150. The van der Waals surface area contributed by atoms with E-state index in [1.165, 1.54) is 46.6 Å². The van der Waals surface area contributed by atoms with Crippen LogP contribution in [-0.2, 0) is 6.54 Å². The molecule has 0 aliphatic rings. The molecule has 9 heteroatoms. The molecule has 0 aliphatic heterocycles. The number of hydrogen-bond acceptors (Lipinski definition) is 4. The Kier molecular flexibility index (Phi) is 4.91. The summed E-state index contributed by atoms with van der Waals surface area (Å²) in [7, 11) is 3.03. The van der Waals surface area contributed by atoms with Gasteiger partial charge in [-0.25, -0.2) is 4.79 Å². The van der Waals surface area contributed by atoms with Gasteiger partial charge in [-0.1, -0.05) is 23.7 Å². The van der Waals surface area contributed by atoms with E-state index in [1.807, 2.05) is 6.07 Å². The first-order valence-electron chi connectivity index (χ1n) is 7.98. The molecular weight excluding hydrogens is 372 g/mol. The molecule has 2 amide bonds. The molecule has 1 aromatic carbocycles. The number of aromatic hydroxyl groups is 1. The quantitative estimate of drug-likeness (QED) is 0.716. The maximum absolute atomic E-state index is 12.7. The highest BCUT2D eigenvalue weighted by molar-refractivity contribution is 6.30. The third-order valence-corrected chi connectivity index (χ3v) is 4.21. The van der Waals surface area contributed by atoms with E-state index >= 15 is 0 Å². The summed E-state index contributed by atoms with van der Waals surface area (Å²) in [6, 6.07) is 6.51. The zero-order valence-electron chi connectivity index (χ0n) is 14.6. The molecule has 3 rings (SSSR count). The number of nitrogens with one attached hydrogen (secondary N) is 1. The normalized spacial score (nSPS) is 10.8. The summed E-state index contributed by atoms with van der Waals surface area (Å²) in [6.45, 7) is 0.225. The second-order valence-corrected chi connectivity index (χ2v) is 6.60. The van der Waals surface area contributed by atoms with Crippen LogP contribution in [0.25, 0.3) is 5.52 Å². The van der Waals surface area contributed by atoms with Crippen LogP contribution in [0.5, 0.6) is 5.75 Å². The van der Waals surface area contributed by atoms with Gasteiger partial charge in [-0.3, -0.25) is 9.59 Å². The predicted octanol–water partition coefficient (Wildman–Crippen LogP) is 1.96. The average molecular weight is 389 g/mol. The van der Waals surface area contributed by atoms with Crippen molar-refractivity contribution in [2.75, 3.05) is 19.4 Å². The van der Waals surface area contributed by atoms with Crippen molar-refractivity contribution in [3.05, 3.63) is 74.0 Å². The summed E-state index contributed by atoms with van der Waals surface area (Å²) in [5.41, 5.74) is -0.880. The van der Waals surface area contributed by atoms with E-state index < -0.39 is 22.8 Å². The smallest absolute Gasteiger partial charge is 0.321 e. The molecule has 0 radical (unpaired) electrons. The number of fused-ring (bicyclic) bond motifs is 1. The standard InChI is InChI=1S/C18H17ClN4O4/c1-21(2)18(27)20-13-10-22-6-7-23(9-11-4-3-5-12(19)8-11)17(26)14(22)16(25)15(13)24/h3-8,10,25H,9H2,1-2H3,(H,20,27). The minimum atomic E-state index is -0.831. The number of carbonyl (C=O) groups is 1. The topological polar surface area (TPSA) is 96.1 Å². The Morgan fingerprint density at radius 2 is 2.00 bits per heavy atom. The Hall–Kier alpha value is -3.26. The molecule has 140 valence electrons. The zero-order valence-corrected chi connectivity index (χ0v) is 15.4. The van der Waals surface area contributed by atoms with E-state index in [0.29, 0.717) is 5.02 Å². The molecule has 2 aromatic heterocycles. The Labute approximate surface area is 158 Å². The van der Waals surface area contributed by atoms with Gasteiger partial charge in [-0.15, -0.1) is 0 Å². The van der Waals surface area contributed by atoms with Crippen LogP contribution in [0.4, 0.5) is 10.5 Å². The minimum Gasteiger partial charge on any atom is -0.502 e. The predicted molar refractivity (Wildman–Crippen MR) is 103 cm³/mol. The summed E-state index contributed by atoms with van der Waals surface area (Å²) in [6.07, 6.45) is 4.34. The van der Waals surface area contributed by atoms with Crippen molar-refractivity contribution in [1.82, 2.24) is 13.9 Å². The van der Waals surface area contributed by atoms with Gasteiger partial charge >= 0.3 is 6.03 Å². The number of pyridine rings is 1. The maximum atomic E-state index is 12.7. The molecule has 0 saturated heterocycles. The van der Waals surface area contributed by atoms with Crippen molar-refractivity contribution in [2.24, 2.45) is 0 Å². The molecule has 0 saturated carbocycles. The fourth-order valence-corrected chi connectivity index (χ4v) is 2.79. The summed E-state index contributed by atoms with van der Waals surface area (Å²) < 4.78 is 2.66. The van der Waals surface area contributed by atoms with E-state index in [4.69, 9.17) is 11.6 Å². The average Bonchev–Trinajstić information content (AvgIpc) is 2.61. The van der Waals surface area contributed by atoms with Gasteiger partial charge in [0.25, 0.3) is 5.56 Å². The molecule has 27 heavy (non-hydrogen) atoms. The number of anilines is 1. The SMILES string of the molecule is CN(C)C(=O)Nc1cn2ccn(Cc3cccc(Cl)c3)c(=O)c2c(O)c1=O. The number of aromatic nitrogens is 2. The maximum Gasteiger partial charge on any atom is 0.321 e. The van der Waals surface area contributed by atoms with Crippen LogP contribution >= 0.6 is 11.6 Å². The van der Waals surface area contributed by atoms with E-state index in [2.05, 4.69) is 5.32 Å². The number of amides is 2. The van der Waals surface area contributed by atoms with Crippen molar-refractivity contribution >= 4 is 28.8 Å². The monoisotopic (exact) mass is 388 g/mol. The van der Waals surface area contributed by atoms with Gasteiger partial charge < -0.3 is 24.3 Å². The first kappa shape index (κ1) is 18.5. The molecule has 0 unspecified atom stereocenters. The summed E-state index contributed by atoms with van der Waals surface area (Å²) >= 11 is 5.96. The van der Waals surface area contributed by atoms with Gasteiger partial charge in [0.2, 0.25) is 5.43 Å². The third-order valence-electron chi connectivity index (χ3n) is 3.97. The van der Waals surface area contributed by atoms with Gasteiger partial charge in [0.15, 0.2) is 11.3 Å². The molecule has 0 spiro atoms. The van der Waals surface area contributed by atoms with E-state index in [1.54, 1.807) is 18.2 Å². The van der Waals surface area contributed by atoms with E-state index in [9.17, 15) is 19.5 Å². The number of carbonyl (C=O) groups excluding carboxylic acids is 1. The highest BCUT2D eigenvalue weighted by atomic mass is 35.5. The Morgan fingerprint density at radius 3 is 2.67 bits per heavy atom. The summed E-state index contributed by atoms with van der Waals surface area (Å²) in [4.78, 5) is 38.1. The first-order valence-corrected chi connectivity index (χ1v) is 8.36. The molecule has 2 N–H and O–H groups in total. The van der Waals surface area contributed by atoms with Crippen molar-refractivity contribution in [2.45, 2.75) is 6.54 Å². The van der Waals surface area contributed by atoms with Crippen molar-refractivity contribution in [3.8, 4) is 5.75 Å². The van der Waals surface area contributed by atoms with E-state index in [-0.39, 0.29) is 17.7 Å². The van der Waals surface area contributed by atoms with Crippen LogP contribution in [0, 0.1) is 0 Å². The van der Waals surface area contributed by atoms with Crippen molar-refractivity contribution in [1.29, 1.82) is 0 Å². The number of hydrogen-bond donors (Lipinski definition) is 2. The van der Waals surface area contributed by atoms with Crippen LogP contribution in [0.15, 0.2) is 52.4 Å². The summed E-state index contributed by atoms with van der Waals surface area (Å²) in [5.74, 6) is -0.725. The lowest BCUT2D eigenvalue weighted by Gasteiger charge is -2.14. The van der Waals surface area contributed by atoms with Gasteiger partial charge in [0, 0.05) is 37.7 Å². The van der Waals surface area contributed by atoms with Crippen LogP contribution < -0.4 is 16.3 Å². The fourth-order valence-electron chi connectivity index (χ4n) is 2.58. The number of benzene rings is 1. The van der Waals surface area contributed by atoms with Crippen LogP contribution in [0.2, 0.25) is 5.02 Å². The molecule has 0 bridgehead atoms. The second kappa shape index (κ2) is 7.16. The van der Waals surface area contributed by atoms with Gasteiger partial charge in [-0.05, 0) is 17.7 Å². The third kappa shape index (κ3) is 3.65. The second-order valence-electron chi connectivity index (χ2n) is 6.16. The molecule has 3 aromatic rings. The lowest BCUT2D eigenvalue weighted by atomic mass is 10.2. The largest absolute Gasteiger partial charge is 0.502 e. The molecule has 0 atom stereocenters. The van der Waals surface area contributed by atoms with Crippen LogP contribution in [0.3, 0.4) is 0 Å². The van der Waals surface area contributed by atoms with Gasteiger partial charge in [0.1, 0.15) is 5.69 Å². The lowest BCUT2D eigenvalue weighted by Crippen LogP contribution is -2.30. The van der Waals surface area contributed by atoms with Crippen molar-refractivity contribution < 1.29 is 9.90 Å². The van der Waals surface area contributed by atoms with E-state index in [0.717, 1.165) is 5.56 Å². The molecule has 0 aliphatic carbocycles. The van der Waals surface area contributed by atoms with Gasteiger partial charge in [0.05, 0.1) is 6.54 Å². The molecule has 0 fully saturated rings.